The van der Waals surface area contributed by atoms with Gasteiger partial charge in [0.1, 0.15) is 30.1 Å². The zero-order valence-corrected chi connectivity index (χ0v) is 37.4. The number of nitrogens with zero attached hydrogens (tertiary/aromatic N) is 3. The Morgan fingerprint density at radius 3 is 2.52 bits per heavy atom. The van der Waals surface area contributed by atoms with E-state index in [1.54, 1.807) is 58.3 Å². The van der Waals surface area contributed by atoms with Gasteiger partial charge in [-0.05, 0) is 90.8 Å². The molecule has 2 unspecified atom stereocenters. The summed E-state index contributed by atoms with van der Waals surface area (Å²) in [5.41, 5.74) is -0.248. The predicted octanol–water partition coefficient (Wildman–Crippen LogP) is 4.81. The number of aromatic nitrogens is 2. The third kappa shape index (κ3) is 11.5. The largest absolute Gasteiger partial charge is 0.459 e. The first-order chi connectivity index (χ1) is 28.8. The summed E-state index contributed by atoms with van der Waals surface area (Å²) in [4.78, 5) is 33.0. The van der Waals surface area contributed by atoms with E-state index in [0.29, 0.717) is 23.4 Å². The Morgan fingerprint density at radius 2 is 1.85 bits per heavy atom. The number of ether oxygens (including phenoxy) is 6. The summed E-state index contributed by atoms with van der Waals surface area (Å²) in [6.45, 7) is 18.7. The van der Waals surface area contributed by atoms with E-state index in [-0.39, 0.29) is 57.3 Å². The van der Waals surface area contributed by atoms with Crippen LogP contribution in [0.25, 0.3) is 11.3 Å². The van der Waals surface area contributed by atoms with Gasteiger partial charge in [0.25, 0.3) is 0 Å². The number of pyridine rings is 1. The Bertz CT molecular complexity index is 1800. The minimum Gasteiger partial charge on any atom is -0.459 e. The second-order valence-corrected chi connectivity index (χ2v) is 17.9. The molecule has 3 aliphatic rings. The Morgan fingerprint density at radius 1 is 1.11 bits per heavy atom. The number of likely N-dealkylation sites (N-methyl/N-ethyl adjacent to an activating group) is 1. The van der Waals surface area contributed by atoms with Crippen LogP contribution >= 0.6 is 0 Å². The van der Waals surface area contributed by atoms with Gasteiger partial charge in [0, 0.05) is 41.9 Å². The Hall–Kier alpha value is -3.74. The molecule has 0 radical (unpaired) electrons. The molecule has 3 aliphatic heterocycles. The molecule has 0 saturated carbocycles. The maximum absolute atomic E-state index is 13.9. The molecule has 61 heavy (non-hydrogen) atoms. The van der Waals surface area contributed by atoms with E-state index in [4.69, 9.17) is 32.9 Å². The summed E-state index contributed by atoms with van der Waals surface area (Å²) in [5.74, 6) is -2.97. The van der Waals surface area contributed by atoms with E-state index in [1.807, 2.05) is 52.8 Å². The second kappa shape index (κ2) is 20.6. The molecular formula is C45H68N4O12. The molecule has 0 spiro atoms. The number of carbonyl (C=O) groups excluding carboxylic acids is 2. The van der Waals surface area contributed by atoms with Crippen LogP contribution in [0.15, 0.2) is 58.9 Å². The van der Waals surface area contributed by atoms with Crippen molar-refractivity contribution in [2.45, 2.75) is 141 Å². The predicted molar refractivity (Wildman–Crippen MR) is 225 cm³/mol. The van der Waals surface area contributed by atoms with Crippen LogP contribution in [-0.4, -0.2) is 136 Å². The fraction of sp³-hybridized carbons (Fsp3) is 0.689. The van der Waals surface area contributed by atoms with Crippen LogP contribution in [0.1, 0.15) is 80.4 Å². The molecule has 4 N–H and O–H groups in total. The fourth-order valence-corrected chi connectivity index (χ4v) is 9.24. The van der Waals surface area contributed by atoms with Crippen molar-refractivity contribution >= 4 is 12.1 Å². The molecule has 2 bridgehead atoms. The third-order valence-corrected chi connectivity index (χ3v) is 12.7. The van der Waals surface area contributed by atoms with Gasteiger partial charge in [-0.25, -0.2) is 4.79 Å². The Labute approximate surface area is 359 Å². The summed E-state index contributed by atoms with van der Waals surface area (Å²) in [5, 5.41) is 42.8. The van der Waals surface area contributed by atoms with Gasteiger partial charge in [0.05, 0.1) is 55.7 Å². The van der Waals surface area contributed by atoms with E-state index in [1.165, 1.54) is 0 Å². The molecule has 0 aliphatic carbocycles. The van der Waals surface area contributed by atoms with Crippen molar-refractivity contribution in [3.63, 3.8) is 0 Å². The molecule has 5 rings (SSSR count). The number of nitrogens with one attached hydrogen (secondary N) is 1. The van der Waals surface area contributed by atoms with Crippen molar-refractivity contribution in [2.75, 3.05) is 33.9 Å². The van der Waals surface area contributed by atoms with Gasteiger partial charge < -0.3 is 58.5 Å². The van der Waals surface area contributed by atoms with E-state index in [2.05, 4.69) is 22.0 Å². The summed E-state index contributed by atoms with van der Waals surface area (Å²) in [6, 6.07) is 5.08. The molecule has 2 aromatic rings. The molecule has 14 atom stereocenters. The lowest BCUT2D eigenvalue weighted by Crippen LogP contribution is -2.60. The first kappa shape index (κ1) is 48.3. The number of alkyl carbamates (subject to hydrolysis) is 1. The first-order valence-corrected chi connectivity index (χ1v) is 21.4. The van der Waals surface area contributed by atoms with Crippen LogP contribution in [0.2, 0.25) is 0 Å². The van der Waals surface area contributed by atoms with Gasteiger partial charge >= 0.3 is 12.1 Å². The number of fused-ring (bicyclic) bond motifs is 5. The van der Waals surface area contributed by atoms with Crippen molar-refractivity contribution in [2.24, 2.45) is 23.7 Å². The summed E-state index contributed by atoms with van der Waals surface area (Å²) >= 11 is 0. The topological polar surface area (TPSA) is 204 Å². The molecular weight excluding hydrogens is 789 g/mol. The molecule has 0 aromatic carbocycles. The van der Waals surface area contributed by atoms with Crippen LogP contribution < -0.4 is 5.32 Å². The number of esters is 1. The number of cyclic esters (lactones) is 1. The van der Waals surface area contributed by atoms with Gasteiger partial charge in [0.15, 0.2) is 12.1 Å². The van der Waals surface area contributed by atoms with Crippen LogP contribution in [-0.2, 0) is 39.8 Å². The van der Waals surface area contributed by atoms with Crippen LogP contribution in [0.5, 0.6) is 0 Å². The number of carbonyl (C=O) groups is 2. The number of aliphatic hydroxyl groups excluding tert-OH is 2. The lowest BCUT2D eigenvalue weighted by Gasteiger charge is -2.48. The quantitative estimate of drug-likeness (QED) is 0.197. The van der Waals surface area contributed by atoms with Gasteiger partial charge in [-0.3, -0.25) is 9.78 Å². The minimum atomic E-state index is -1.73. The highest BCUT2D eigenvalue weighted by Crippen LogP contribution is 2.43. The summed E-state index contributed by atoms with van der Waals surface area (Å²) in [7, 11) is 3.78. The van der Waals surface area contributed by atoms with Gasteiger partial charge in [0.2, 0.25) is 0 Å². The zero-order valence-electron chi connectivity index (χ0n) is 37.4. The van der Waals surface area contributed by atoms with Crippen molar-refractivity contribution in [3.8, 4) is 11.3 Å². The van der Waals surface area contributed by atoms with Crippen LogP contribution in [0, 0.1) is 23.7 Å². The van der Waals surface area contributed by atoms with Gasteiger partial charge in [-0.15, -0.1) is 0 Å². The molecule has 3 fully saturated rings. The van der Waals surface area contributed by atoms with Crippen molar-refractivity contribution < 1.29 is 57.9 Å². The molecule has 3 saturated heterocycles. The van der Waals surface area contributed by atoms with Crippen molar-refractivity contribution in [1.82, 2.24) is 20.4 Å². The minimum absolute atomic E-state index is 0.00288. The standard InChI is InChI=1S/C45H68N4O12/c1-12-36-45(9,54)40-28(5)33(15-17-55-43(53)47-22-32-19-34(48-61-32)31-14-13-16-46-21-31)26(3)20-44(8,57-24-25(2)23-56-40)39(29(6)37(50)30(7)41(52)59-36)60-42-38(51)35(49(10)11)18-27(4)58-42/h13-16,19,21,26-30,35-40,42,50-51,54H,2,12,17-18,20,22-24H2,1,3-11H3,(H,47,53)/b33-15+/t26-,27-,28+,29+,30-,35+,36-,37+,38-,39-,40?,42?,44-,45-/m1/s1. The molecule has 16 nitrogen and oxygen atoms in total. The van der Waals surface area contributed by atoms with E-state index >= 15 is 0 Å². The highest BCUT2D eigenvalue weighted by atomic mass is 16.7. The van der Waals surface area contributed by atoms with Crippen molar-refractivity contribution in [3.05, 3.63) is 60.2 Å². The zero-order chi connectivity index (χ0) is 44.8. The molecule has 16 heteroatoms. The second-order valence-electron chi connectivity index (χ2n) is 17.9. The summed E-state index contributed by atoms with van der Waals surface area (Å²) < 4.78 is 43.6. The monoisotopic (exact) mass is 856 g/mol. The smallest absolute Gasteiger partial charge is 0.407 e. The highest BCUT2D eigenvalue weighted by molar-refractivity contribution is 5.73. The van der Waals surface area contributed by atoms with Crippen LogP contribution in [0.3, 0.4) is 0 Å². The van der Waals surface area contributed by atoms with Gasteiger partial charge in [-0.2, -0.15) is 0 Å². The fourth-order valence-electron chi connectivity index (χ4n) is 9.24. The average Bonchev–Trinajstić information content (AvgIpc) is 3.70. The van der Waals surface area contributed by atoms with Crippen molar-refractivity contribution in [1.29, 1.82) is 0 Å². The maximum Gasteiger partial charge on any atom is 0.407 e. The summed E-state index contributed by atoms with van der Waals surface area (Å²) in [6.07, 6.45) is -1.09. The lowest BCUT2D eigenvalue weighted by atomic mass is 9.72. The number of amides is 1. The number of hydrogen-bond donors (Lipinski definition) is 4. The molecule has 1 amide bonds. The Balaban J connectivity index is 1.51. The normalized spacial score (nSPS) is 37.6. The maximum atomic E-state index is 13.9. The van der Waals surface area contributed by atoms with E-state index < -0.39 is 77.8 Å². The van der Waals surface area contributed by atoms with Crippen LogP contribution in [0.4, 0.5) is 4.79 Å². The SMILES string of the molecule is C=C1COC2[C@@H](C)/C(=C/COC(=O)NCc3cc(-c4cccnc4)no3)[C@H](C)C[C@@](C)(OC1)[C@H](OC1O[C@H](C)C[C@H](N(C)C)[C@H]1O)[C@@H](C)[C@H](O)[C@@H](C)C(=O)O[C@H](CC)[C@@]2(C)O. The van der Waals surface area contributed by atoms with Gasteiger partial charge in [-0.1, -0.05) is 45.0 Å². The average molecular weight is 857 g/mol. The highest BCUT2D eigenvalue weighted by Gasteiger charge is 2.52. The first-order valence-electron chi connectivity index (χ1n) is 21.4. The number of rotatable bonds is 9. The molecule has 340 valence electrons. The molecule has 5 heterocycles. The Kier molecular flexibility index (Phi) is 16.3. The van der Waals surface area contributed by atoms with E-state index in [9.17, 15) is 24.9 Å². The molecule has 2 aromatic heterocycles. The third-order valence-electron chi connectivity index (χ3n) is 12.7. The van der Waals surface area contributed by atoms with E-state index in [0.717, 1.165) is 11.1 Å². The number of aliphatic hydroxyl groups is 3. The lowest BCUT2D eigenvalue weighted by molar-refractivity contribution is -0.303. The number of hydrogen-bond acceptors (Lipinski definition) is 15.